The van der Waals surface area contributed by atoms with Crippen LogP contribution in [-0.2, 0) is 23.5 Å². The Morgan fingerprint density at radius 3 is 1.74 bits per heavy atom. The van der Waals surface area contributed by atoms with Crippen LogP contribution in [0.3, 0.4) is 0 Å². The number of carbonyl (C=O) groups excluding carboxylic acids is 2. The molecule has 0 unspecified atom stereocenters. The number of rotatable bonds is 8. The van der Waals surface area contributed by atoms with Crippen molar-refractivity contribution in [3.05, 3.63) is 90.5 Å². The Kier molecular flexibility index (Phi) is 9.73. The lowest BCUT2D eigenvalue weighted by molar-refractivity contribution is -0.210. The molecule has 1 saturated heterocycles. The summed E-state index contributed by atoms with van der Waals surface area (Å²) in [5, 5.41) is 2.09. The van der Waals surface area contributed by atoms with Crippen LogP contribution in [0.5, 0.6) is 5.75 Å². The summed E-state index contributed by atoms with van der Waals surface area (Å²) in [7, 11) is 1.02. The van der Waals surface area contributed by atoms with Gasteiger partial charge in [-0.25, -0.2) is 0 Å². The van der Waals surface area contributed by atoms with E-state index in [0.29, 0.717) is 5.75 Å². The van der Waals surface area contributed by atoms with E-state index in [1.807, 2.05) is 45.3 Å². The van der Waals surface area contributed by atoms with E-state index in [1.165, 1.54) is 24.2 Å². The number of esters is 2. The number of benzene rings is 3. The monoisotopic (exact) mass is 589 g/mol. The molecular weight excluding hydrogens is 546 g/mol. The van der Waals surface area contributed by atoms with E-state index in [4.69, 9.17) is 18.6 Å². The van der Waals surface area contributed by atoms with Gasteiger partial charge in [-0.05, 0) is 54.1 Å². The summed E-state index contributed by atoms with van der Waals surface area (Å²) in [5.41, 5.74) is 0.819. The highest BCUT2D eigenvalue weighted by molar-refractivity contribution is 6.99. The van der Waals surface area contributed by atoms with E-state index in [9.17, 15) is 9.59 Å². The van der Waals surface area contributed by atoms with Gasteiger partial charge in [-0.2, -0.15) is 0 Å². The number of likely N-dealkylation sites (N-methyl/N-ethyl adjacent to an activating group) is 1. The highest BCUT2D eigenvalue weighted by atomic mass is 28.4. The van der Waals surface area contributed by atoms with Gasteiger partial charge in [0.25, 0.3) is 8.32 Å². The molecule has 5 atom stereocenters. The molecule has 0 N–H and O–H groups in total. The first-order valence-electron chi connectivity index (χ1n) is 14.4. The van der Waals surface area contributed by atoms with Crippen LogP contribution in [0.25, 0.3) is 0 Å². The second-order valence-electron chi connectivity index (χ2n) is 12.2. The zero-order chi connectivity index (χ0) is 30.7. The molecule has 0 saturated carbocycles. The molecule has 0 bridgehead atoms. The number of carbonyl (C=O) groups is 2. The minimum Gasteiger partial charge on any atom is -0.458 e. The zero-order valence-electron chi connectivity index (χ0n) is 25.9. The first kappa shape index (κ1) is 31.6. The quantitative estimate of drug-likeness (QED) is 0.211. The fourth-order valence-electron chi connectivity index (χ4n) is 6.16. The molecule has 3 aromatic carbocycles. The predicted octanol–water partition coefficient (Wildman–Crippen LogP) is 4.88. The van der Waals surface area contributed by atoms with Gasteiger partial charge in [-0.15, -0.1) is 0 Å². The molecule has 1 fully saturated rings. The maximum absolute atomic E-state index is 12.5. The maximum atomic E-state index is 12.5. The Bertz CT molecular complexity index is 1300. The smallest absolute Gasteiger partial charge is 0.308 e. The van der Waals surface area contributed by atoms with Crippen LogP contribution < -0.4 is 15.1 Å². The van der Waals surface area contributed by atoms with Gasteiger partial charge in [0.15, 0.2) is 0 Å². The fourth-order valence-corrected chi connectivity index (χ4v) is 10.9. The van der Waals surface area contributed by atoms with Crippen LogP contribution in [0.15, 0.2) is 84.9 Å². The molecule has 42 heavy (non-hydrogen) atoms. The van der Waals surface area contributed by atoms with Crippen molar-refractivity contribution in [2.45, 2.75) is 77.0 Å². The van der Waals surface area contributed by atoms with Gasteiger partial charge in [-0.1, -0.05) is 93.6 Å². The molecule has 0 aromatic heterocycles. The first-order chi connectivity index (χ1) is 19.8. The highest BCUT2D eigenvalue weighted by Gasteiger charge is 2.56. The molecule has 0 aliphatic carbocycles. The molecular formula is C34H43NO6Si. The Morgan fingerprint density at radius 1 is 0.786 bits per heavy atom. The van der Waals surface area contributed by atoms with Crippen molar-refractivity contribution in [3.63, 3.8) is 0 Å². The van der Waals surface area contributed by atoms with Gasteiger partial charge >= 0.3 is 11.9 Å². The Balaban J connectivity index is 1.83. The summed E-state index contributed by atoms with van der Waals surface area (Å²) in [6.07, 6.45) is -1.98. The van der Waals surface area contributed by atoms with Gasteiger partial charge in [0, 0.05) is 13.8 Å². The van der Waals surface area contributed by atoms with Gasteiger partial charge in [0.05, 0.1) is 18.2 Å². The van der Waals surface area contributed by atoms with Crippen molar-refractivity contribution in [2.24, 2.45) is 0 Å². The van der Waals surface area contributed by atoms with Crippen LogP contribution in [0.2, 0.25) is 5.04 Å². The SMILES string of the molecule is CC(=O)Oc1ccc([C@@H]2O[C@@H](C)[C@H](O[Si](c3ccccc3)(c3ccccc3)C(C)(C)C)[C@H](N(C)C)[C@H]2OC(C)=O)cc1. The van der Waals surface area contributed by atoms with E-state index < -0.39 is 32.6 Å². The average molecular weight is 590 g/mol. The number of hydrogen-bond acceptors (Lipinski definition) is 7. The summed E-state index contributed by atoms with van der Waals surface area (Å²) >= 11 is 0. The summed E-state index contributed by atoms with van der Waals surface area (Å²) in [4.78, 5) is 26.0. The van der Waals surface area contributed by atoms with Crippen molar-refractivity contribution >= 4 is 30.6 Å². The van der Waals surface area contributed by atoms with Crippen molar-refractivity contribution < 1.29 is 28.2 Å². The van der Waals surface area contributed by atoms with Crippen molar-refractivity contribution in [2.75, 3.05) is 14.1 Å². The summed E-state index contributed by atoms with van der Waals surface area (Å²) in [6, 6.07) is 27.8. The van der Waals surface area contributed by atoms with Gasteiger partial charge in [0.1, 0.15) is 18.0 Å². The number of nitrogens with zero attached hydrogens (tertiary/aromatic N) is 1. The topological polar surface area (TPSA) is 74.3 Å². The van der Waals surface area contributed by atoms with Crippen LogP contribution in [-0.4, -0.2) is 63.6 Å². The fraction of sp³-hybridized carbons (Fsp3) is 0.412. The average Bonchev–Trinajstić information content (AvgIpc) is 2.93. The first-order valence-corrected chi connectivity index (χ1v) is 16.3. The van der Waals surface area contributed by atoms with E-state index >= 15 is 0 Å². The standard InChI is InChI=1S/C34H43NO6Si/c1-23-31(41-42(34(4,5)6,28-15-11-9-12-16-28)29-17-13-10-14-18-29)30(35(7)8)33(40-25(3)37)32(38-23)26-19-21-27(22-20-26)39-24(2)36/h9-23,30-33H,1-8H3/t23-,30-,31-,32-,33+/m0/s1. The maximum Gasteiger partial charge on any atom is 0.308 e. The van der Waals surface area contributed by atoms with Crippen molar-refractivity contribution in [1.29, 1.82) is 0 Å². The minimum absolute atomic E-state index is 0.243. The normalized spacial score (nSPS) is 22.9. The third-order valence-electron chi connectivity index (χ3n) is 7.89. The lowest BCUT2D eigenvalue weighted by atomic mass is 9.88. The molecule has 1 aliphatic rings. The molecule has 0 radical (unpaired) electrons. The largest absolute Gasteiger partial charge is 0.458 e. The minimum atomic E-state index is -2.96. The zero-order valence-corrected chi connectivity index (χ0v) is 26.9. The number of ether oxygens (including phenoxy) is 3. The van der Waals surface area contributed by atoms with Crippen LogP contribution >= 0.6 is 0 Å². The third kappa shape index (κ3) is 6.52. The van der Waals surface area contributed by atoms with Gasteiger partial charge < -0.3 is 23.5 Å². The van der Waals surface area contributed by atoms with E-state index in [2.05, 4.69) is 74.2 Å². The van der Waals surface area contributed by atoms with E-state index in [-0.39, 0.29) is 23.2 Å². The molecule has 3 aromatic rings. The summed E-state index contributed by atoms with van der Waals surface area (Å²) < 4.78 is 25.6. The van der Waals surface area contributed by atoms with Gasteiger partial charge in [-0.3, -0.25) is 9.59 Å². The second-order valence-corrected chi connectivity index (χ2v) is 16.5. The Labute approximate surface area is 250 Å². The third-order valence-corrected chi connectivity index (χ3v) is 12.9. The summed E-state index contributed by atoms with van der Waals surface area (Å²) in [5.74, 6) is -0.342. The second kappa shape index (κ2) is 12.9. The molecule has 8 heteroatoms. The lowest BCUT2D eigenvalue weighted by Crippen LogP contribution is -2.72. The van der Waals surface area contributed by atoms with Crippen LogP contribution in [0.4, 0.5) is 0 Å². The molecule has 7 nitrogen and oxygen atoms in total. The lowest BCUT2D eigenvalue weighted by Gasteiger charge is -2.53. The molecule has 0 spiro atoms. The number of hydrogen-bond donors (Lipinski definition) is 0. The Hall–Kier alpha value is -3.30. The van der Waals surface area contributed by atoms with Crippen molar-refractivity contribution in [1.82, 2.24) is 4.90 Å². The highest BCUT2D eigenvalue weighted by Crippen LogP contribution is 2.43. The molecule has 1 aliphatic heterocycles. The summed E-state index contributed by atoms with van der Waals surface area (Å²) in [6.45, 7) is 11.6. The molecule has 1 heterocycles. The Morgan fingerprint density at radius 2 is 1.31 bits per heavy atom. The molecule has 224 valence electrons. The van der Waals surface area contributed by atoms with E-state index in [0.717, 1.165) is 5.56 Å². The van der Waals surface area contributed by atoms with Crippen LogP contribution in [0.1, 0.15) is 53.2 Å². The van der Waals surface area contributed by atoms with Gasteiger partial charge in [0.2, 0.25) is 0 Å². The van der Waals surface area contributed by atoms with E-state index in [1.54, 1.807) is 12.1 Å². The van der Waals surface area contributed by atoms with Crippen LogP contribution in [0, 0.1) is 0 Å². The molecule has 4 rings (SSSR count). The molecule has 0 amide bonds. The van der Waals surface area contributed by atoms with Crippen molar-refractivity contribution in [3.8, 4) is 5.75 Å². The predicted molar refractivity (Wildman–Crippen MR) is 167 cm³/mol.